The molecule has 14 heavy (non-hydrogen) atoms. The van der Waals surface area contributed by atoms with Crippen LogP contribution in [0, 0.1) is 0 Å². The van der Waals surface area contributed by atoms with Crippen LogP contribution in [0.3, 0.4) is 0 Å². The lowest BCUT2D eigenvalue weighted by Crippen LogP contribution is -2.33. The second kappa shape index (κ2) is 3.10. The highest BCUT2D eigenvalue weighted by Gasteiger charge is 2.24. The molecule has 0 radical (unpaired) electrons. The predicted octanol–water partition coefficient (Wildman–Crippen LogP) is 2.28. The molecule has 74 valence electrons. The Labute approximate surface area is 83.1 Å². The van der Waals surface area contributed by atoms with Gasteiger partial charge in [-0.3, -0.25) is 0 Å². The topological polar surface area (TPSA) is 38.1 Å². The third kappa shape index (κ3) is 1.30. The zero-order valence-corrected chi connectivity index (χ0v) is 8.66. The van der Waals surface area contributed by atoms with Crippen LogP contribution in [0.15, 0.2) is 28.8 Å². The molecule has 1 aromatic heterocycles. The van der Waals surface area contributed by atoms with Crippen molar-refractivity contribution in [2.45, 2.75) is 19.4 Å². The number of nitrogens with one attached hydrogen (secondary N) is 1. The summed E-state index contributed by atoms with van der Waals surface area (Å²) in [6, 6.07) is 7.90. The second-order valence-electron chi connectivity index (χ2n) is 3.90. The first kappa shape index (κ1) is 9.21. The number of hydrogen-bond acceptors (Lipinski definition) is 3. The fourth-order valence-electron chi connectivity index (χ4n) is 1.46. The third-order valence-electron chi connectivity index (χ3n) is 2.59. The largest absolute Gasteiger partial charge is 0.356 e. The summed E-state index contributed by atoms with van der Waals surface area (Å²) in [5, 5.41) is 8.39. The Morgan fingerprint density at radius 3 is 2.71 bits per heavy atom. The van der Waals surface area contributed by atoms with Crippen LogP contribution < -0.4 is 5.32 Å². The van der Waals surface area contributed by atoms with Gasteiger partial charge in [0.25, 0.3) is 0 Å². The van der Waals surface area contributed by atoms with Gasteiger partial charge in [0.2, 0.25) is 0 Å². The molecule has 0 unspecified atom stereocenters. The van der Waals surface area contributed by atoms with E-state index in [0.717, 1.165) is 16.7 Å². The summed E-state index contributed by atoms with van der Waals surface area (Å²) in [7, 11) is 1.92. The van der Waals surface area contributed by atoms with Crippen LogP contribution in [0.5, 0.6) is 0 Å². The standard InChI is InChI=1S/C11H14N2O/c1-11(2,12-3)10-8-6-4-5-7-9(8)14-13-10/h4-7,12H,1-3H3. The Kier molecular flexibility index (Phi) is 2.04. The zero-order valence-electron chi connectivity index (χ0n) is 8.66. The summed E-state index contributed by atoms with van der Waals surface area (Å²) in [6.07, 6.45) is 0. The monoisotopic (exact) mass is 190 g/mol. The molecule has 0 amide bonds. The van der Waals surface area contributed by atoms with Crippen LogP contribution in [0.1, 0.15) is 19.5 Å². The van der Waals surface area contributed by atoms with Gasteiger partial charge in [-0.1, -0.05) is 17.3 Å². The fourth-order valence-corrected chi connectivity index (χ4v) is 1.46. The Bertz CT molecular complexity index is 445. The second-order valence-corrected chi connectivity index (χ2v) is 3.90. The fraction of sp³-hybridized carbons (Fsp3) is 0.364. The summed E-state index contributed by atoms with van der Waals surface area (Å²) in [5.41, 5.74) is 1.63. The van der Waals surface area contributed by atoms with Gasteiger partial charge in [-0.05, 0) is 33.0 Å². The highest BCUT2D eigenvalue weighted by atomic mass is 16.5. The van der Waals surface area contributed by atoms with Gasteiger partial charge < -0.3 is 9.84 Å². The van der Waals surface area contributed by atoms with Crippen molar-refractivity contribution in [2.75, 3.05) is 7.05 Å². The smallest absolute Gasteiger partial charge is 0.167 e. The lowest BCUT2D eigenvalue weighted by atomic mass is 9.98. The highest BCUT2D eigenvalue weighted by Crippen LogP contribution is 2.26. The molecule has 0 saturated carbocycles. The van der Waals surface area contributed by atoms with E-state index < -0.39 is 0 Å². The van der Waals surface area contributed by atoms with E-state index >= 15 is 0 Å². The minimum atomic E-state index is -0.160. The molecule has 1 heterocycles. The molecule has 0 atom stereocenters. The van der Waals surface area contributed by atoms with E-state index in [1.165, 1.54) is 0 Å². The lowest BCUT2D eigenvalue weighted by molar-refractivity contribution is 0.378. The lowest BCUT2D eigenvalue weighted by Gasteiger charge is -2.20. The quantitative estimate of drug-likeness (QED) is 0.789. The van der Waals surface area contributed by atoms with E-state index in [4.69, 9.17) is 4.52 Å². The Morgan fingerprint density at radius 2 is 2.00 bits per heavy atom. The maximum Gasteiger partial charge on any atom is 0.167 e. The number of benzene rings is 1. The van der Waals surface area contributed by atoms with Gasteiger partial charge >= 0.3 is 0 Å². The first-order chi connectivity index (χ1) is 6.65. The molecule has 3 heteroatoms. The molecule has 3 nitrogen and oxygen atoms in total. The highest BCUT2D eigenvalue weighted by molar-refractivity contribution is 5.80. The number of hydrogen-bond donors (Lipinski definition) is 1. The number of para-hydroxylation sites is 1. The molecule has 1 N–H and O–H groups in total. The van der Waals surface area contributed by atoms with Crippen molar-refractivity contribution in [3.63, 3.8) is 0 Å². The number of rotatable bonds is 2. The first-order valence-electron chi connectivity index (χ1n) is 4.69. The average molecular weight is 190 g/mol. The van der Waals surface area contributed by atoms with E-state index in [-0.39, 0.29) is 5.54 Å². The minimum Gasteiger partial charge on any atom is -0.356 e. The predicted molar refractivity (Wildman–Crippen MR) is 56.1 cm³/mol. The van der Waals surface area contributed by atoms with E-state index in [1.54, 1.807) is 0 Å². The van der Waals surface area contributed by atoms with E-state index in [0.29, 0.717) is 0 Å². The molecule has 0 fully saturated rings. The van der Waals surface area contributed by atoms with Gasteiger partial charge in [-0.15, -0.1) is 0 Å². The molecule has 0 aliphatic carbocycles. The van der Waals surface area contributed by atoms with Gasteiger partial charge in [-0.2, -0.15) is 0 Å². The SMILES string of the molecule is CNC(C)(C)c1noc2ccccc12. The van der Waals surface area contributed by atoms with Crippen molar-refractivity contribution in [3.8, 4) is 0 Å². The molecule has 2 rings (SSSR count). The maximum absolute atomic E-state index is 5.25. The van der Waals surface area contributed by atoms with Crippen LogP contribution in [0.2, 0.25) is 0 Å². The van der Waals surface area contributed by atoms with Crippen molar-refractivity contribution in [2.24, 2.45) is 0 Å². The van der Waals surface area contributed by atoms with Crippen molar-refractivity contribution >= 4 is 11.0 Å². The molecule has 0 spiro atoms. The summed E-state index contributed by atoms with van der Waals surface area (Å²) < 4.78 is 5.25. The summed E-state index contributed by atoms with van der Waals surface area (Å²) in [5.74, 6) is 0. The van der Waals surface area contributed by atoms with E-state index in [1.807, 2.05) is 31.3 Å². The summed E-state index contributed by atoms with van der Waals surface area (Å²) >= 11 is 0. The van der Waals surface area contributed by atoms with Gasteiger partial charge in [0.1, 0.15) is 5.69 Å². The van der Waals surface area contributed by atoms with Gasteiger partial charge in [-0.25, -0.2) is 0 Å². The van der Waals surface area contributed by atoms with Crippen molar-refractivity contribution in [1.29, 1.82) is 0 Å². The molecule has 0 saturated heterocycles. The van der Waals surface area contributed by atoms with Crippen LogP contribution in [0.4, 0.5) is 0 Å². The van der Waals surface area contributed by atoms with Gasteiger partial charge in [0, 0.05) is 5.39 Å². The average Bonchev–Trinajstić information content (AvgIpc) is 2.61. The summed E-state index contributed by atoms with van der Waals surface area (Å²) in [6.45, 7) is 4.16. The molecule has 0 aliphatic heterocycles. The molecular weight excluding hydrogens is 176 g/mol. The molecule has 0 bridgehead atoms. The first-order valence-corrected chi connectivity index (χ1v) is 4.69. The van der Waals surface area contributed by atoms with Crippen molar-refractivity contribution in [3.05, 3.63) is 30.0 Å². The van der Waals surface area contributed by atoms with Crippen LogP contribution in [-0.2, 0) is 5.54 Å². The van der Waals surface area contributed by atoms with Crippen LogP contribution in [-0.4, -0.2) is 12.2 Å². The normalized spacial score (nSPS) is 12.2. The van der Waals surface area contributed by atoms with Crippen LogP contribution in [0.25, 0.3) is 11.0 Å². The zero-order chi connectivity index (χ0) is 10.2. The Hall–Kier alpha value is -1.35. The van der Waals surface area contributed by atoms with Gasteiger partial charge in [0.05, 0.1) is 5.54 Å². The molecule has 0 aliphatic rings. The Morgan fingerprint density at radius 1 is 1.29 bits per heavy atom. The van der Waals surface area contributed by atoms with Crippen molar-refractivity contribution < 1.29 is 4.52 Å². The van der Waals surface area contributed by atoms with E-state index in [9.17, 15) is 0 Å². The van der Waals surface area contributed by atoms with Crippen molar-refractivity contribution in [1.82, 2.24) is 10.5 Å². The number of nitrogens with zero attached hydrogens (tertiary/aromatic N) is 1. The van der Waals surface area contributed by atoms with Gasteiger partial charge in [0.15, 0.2) is 5.58 Å². The molecule has 1 aromatic carbocycles. The molecular formula is C11H14N2O. The number of aromatic nitrogens is 1. The minimum absolute atomic E-state index is 0.160. The summed E-state index contributed by atoms with van der Waals surface area (Å²) in [4.78, 5) is 0. The van der Waals surface area contributed by atoms with Crippen LogP contribution >= 0.6 is 0 Å². The third-order valence-corrected chi connectivity index (χ3v) is 2.59. The Balaban J connectivity index is 2.64. The number of fused-ring (bicyclic) bond motifs is 1. The van der Waals surface area contributed by atoms with E-state index in [2.05, 4.69) is 24.3 Å². The molecule has 2 aromatic rings. The maximum atomic E-state index is 5.25.